The van der Waals surface area contributed by atoms with Crippen LogP contribution in [0, 0.1) is 5.92 Å². The van der Waals surface area contributed by atoms with Crippen LogP contribution in [0.1, 0.15) is 69.3 Å². The summed E-state index contributed by atoms with van der Waals surface area (Å²) < 4.78 is 37.4. The molecule has 2 N–H and O–H groups in total. The van der Waals surface area contributed by atoms with Gasteiger partial charge in [0.1, 0.15) is 6.10 Å². The summed E-state index contributed by atoms with van der Waals surface area (Å²) >= 11 is 0. The average Bonchev–Trinajstić information content (AvgIpc) is 2.88. The quantitative estimate of drug-likeness (QED) is 0.368. The standard InChI is InChI=1S/C26H35N3O7S/c1-5-19(6-2)24(30)27-16-15-18-9-12-22(13-10-18)37(33,34)29-25(31)20-11-14-23(28-17-20)36-26(32)35-21(7-3)8-4/h9-14,17,19,21H,5-8,15-16H2,1-4H3,(H,27,30)(H,29,31). The molecule has 0 saturated carbocycles. The van der Waals surface area contributed by atoms with Gasteiger partial charge in [0.05, 0.1) is 10.5 Å². The molecule has 1 aromatic heterocycles. The number of carbonyl (C=O) groups is 3. The van der Waals surface area contributed by atoms with E-state index in [2.05, 4.69) is 10.3 Å². The van der Waals surface area contributed by atoms with Crippen LogP contribution in [-0.4, -0.2) is 44.0 Å². The molecule has 0 atom stereocenters. The van der Waals surface area contributed by atoms with Crippen molar-refractivity contribution < 1.29 is 32.3 Å². The van der Waals surface area contributed by atoms with Gasteiger partial charge in [-0.2, -0.15) is 0 Å². The lowest BCUT2D eigenvalue weighted by molar-refractivity contribution is -0.125. The number of nitrogens with one attached hydrogen (secondary N) is 2. The Bertz CT molecular complexity index is 1140. The van der Waals surface area contributed by atoms with Gasteiger partial charge >= 0.3 is 6.16 Å². The van der Waals surface area contributed by atoms with Crippen LogP contribution in [0.15, 0.2) is 47.5 Å². The number of rotatable bonds is 13. The summed E-state index contributed by atoms with van der Waals surface area (Å²) in [6, 6.07) is 8.62. The van der Waals surface area contributed by atoms with Crippen LogP contribution in [0.25, 0.3) is 0 Å². The third kappa shape index (κ3) is 9.16. The zero-order chi connectivity index (χ0) is 27.4. The van der Waals surface area contributed by atoms with Crippen molar-refractivity contribution >= 4 is 28.0 Å². The molecule has 0 aliphatic carbocycles. The Hall–Kier alpha value is -3.47. The first kappa shape index (κ1) is 29.8. The predicted molar refractivity (Wildman–Crippen MR) is 138 cm³/mol. The van der Waals surface area contributed by atoms with Crippen LogP contribution in [-0.2, 0) is 26.0 Å². The lowest BCUT2D eigenvalue weighted by Gasteiger charge is -2.13. The van der Waals surface area contributed by atoms with Crippen molar-refractivity contribution in [2.75, 3.05) is 6.54 Å². The number of carbonyl (C=O) groups excluding carboxylic acids is 3. The predicted octanol–water partition coefficient (Wildman–Crippen LogP) is 4.00. The van der Waals surface area contributed by atoms with Crippen LogP contribution < -0.4 is 14.8 Å². The molecule has 0 radical (unpaired) electrons. The number of nitrogens with zero attached hydrogens (tertiary/aromatic N) is 1. The number of ether oxygens (including phenoxy) is 2. The van der Waals surface area contributed by atoms with Gasteiger partial charge in [0.25, 0.3) is 15.9 Å². The monoisotopic (exact) mass is 533 g/mol. The fourth-order valence-electron chi connectivity index (χ4n) is 3.48. The highest BCUT2D eigenvalue weighted by molar-refractivity contribution is 7.90. The van der Waals surface area contributed by atoms with E-state index in [1.54, 1.807) is 12.1 Å². The van der Waals surface area contributed by atoms with Gasteiger partial charge in [-0.3, -0.25) is 9.59 Å². The van der Waals surface area contributed by atoms with Gasteiger partial charge in [-0.1, -0.05) is 39.8 Å². The number of benzene rings is 1. The molecule has 2 rings (SSSR count). The summed E-state index contributed by atoms with van der Waals surface area (Å²) in [5.74, 6) is -0.956. The number of amides is 2. The van der Waals surface area contributed by atoms with Crippen molar-refractivity contribution in [2.24, 2.45) is 5.92 Å². The third-order valence-corrected chi connectivity index (χ3v) is 7.24. The molecule has 0 saturated heterocycles. The normalized spacial score (nSPS) is 11.3. The number of pyridine rings is 1. The molecule has 0 spiro atoms. The fraction of sp³-hybridized carbons (Fsp3) is 0.462. The molecule has 2 aromatic rings. The largest absolute Gasteiger partial charge is 0.515 e. The molecule has 0 aliphatic rings. The molecule has 0 unspecified atom stereocenters. The Morgan fingerprint density at radius 3 is 2.11 bits per heavy atom. The van der Waals surface area contributed by atoms with Crippen LogP contribution in [0.3, 0.4) is 0 Å². The summed E-state index contributed by atoms with van der Waals surface area (Å²) in [7, 11) is -4.13. The van der Waals surface area contributed by atoms with E-state index in [1.807, 2.05) is 32.4 Å². The summed E-state index contributed by atoms with van der Waals surface area (Å²) in [6.07, 6.45) is 3.32. The molecular formula is C26H35N3O7S. The summed E-state index contributed by atoms with van der Waals surface area (Å²) in [5, 5.41) is 2.90. The lowest BCUT2D eigenvalue weighted by Crippen LogP contribution is -2.31. The second kappa shape index (κ2) is 14.3. The smallest absolute Gasteiger partial charge is 0.431 e. The van der Waals surface area contributed by atoms with Crippen LogP contribution in [0.2, 0.25) is 0 Å². The van der Waals surface area contributed by atoms with E-state index in [0.29, 0.717) is 25.8 Å². The molecule has 202 valence electrons. The van der Waals surface area contributed by atoms with Crippen molar-refractivity contribution in [3.05, 3.63) is 53.7 Å². The maximum absolute atomic E-state index is 12.6. The van der Waals surface area contributed by atoms with E-state index < -0.39 is 22.1 Å². The Kier molecular flexibility index (Phi) is 11.5. The van der Waals surface area contributed by atoms with Gasteiger partial charge in [-0.15, -0.1) is 0 Å². The average molecular weight is 534 g/mol. The lowest BCUT2D eigenvalue weighted by atomic mass is 10.0. The van der Waals surface area contributed by atoms with Gasteiger partial charge in [0, 0.05) is 24.7 Å². The second-order valence-electron chi connectivity index (χ2n) is 8.43. The Balaban J connectivity index is 1.92. The summed E-state index contributed by atoms with van der Waals surface area (Å²) in [5.41, 5.74) is 0.812. The molecule has 37 heavy (non-hydrogen) atoms. The molecule has 0 bridgehead atoms. The fourth-order valence-corrected chi connectivity index (χ4v) is 4.46. The van der Waals surface area contributed by atoms with Crippen LogP contribution >= 0.6 is 0 Å². The molecule has 1 heterocycles. The number of hydrogen-bond acceptors (Lipinski definition) is 8. The molecule has 1 aromatic carbocycles. The van der Waals surface area contributed by atoms with Crippen molar-refractivity contribution in [3.8, 4) is 5.88 Å². The third-order valence-electron chi connectivity index (χ3n) is 5.89. The van der Waals surface area contributed by atoms with E-state index in [1.165, 1.54) is 24.3 Å². The zero-order valence-electron chi connectivity index (χ0n) is 21.7. The van der Waals surface area contributed by atoms with Crippen LogP contribution in [0.5, 0.6) is 5.88 Å². The van der Waals surface area contributed by atoms with Crippen molar-refractivity contribution in [3.63, 3.8) is 0 Å². The zero-order valence-corrected chi connectivity index (χ0v) is 22.5. The summed E-state index contributed by atoms with van der Waals surface area (Å²) in [6.45, 7) is 8.15. The molecule has 11 heteroatoms. The minimum atomic E-state index is -4.13. The van der Waals surface area contributed by atoms with E-state index in [9.17, 15) is 22.8 Å². The second-order valence-corrected chi connectivity index (χ2v) is 10.1. The van der Waals surface area contributed by atoms with Gasteiger partial charge in [0.2, 0.25) is 11.8 Å². The molecule has 2 amide bonds. The molecule has 0 aliphatic heterocycles. The first-order valence-electron chi connectivity index (χ1n) is 12.4. The SMILES string of the molecule is CCC(CC)OC(=O)Oc1ccc(C(=O)NS(=O)(=O)c2ccc(CCNC(=O)C(CC)CC)cc2)cn1. The van der Waals surface area contributed by atoms with Crippen molar-refractivity contribution in [1.82, 2.24) is 15.0 Å². The summed E-state index contributed by atoms with van der Waals surface area (Å²) in [4.78, 5) is 40.1. The molecular weight excluding hydrogens is 498 g/mol. The van der Waals surface area contributed by atoms with E-state index in [0.717, 1.165) is 24.6 Å². The minimum Gasteiger partial charge on any atom is -0.431 e. The highest BCUT2D eigenvalue weighted by Gasteiger charge is 2.20. The van der Waals surface area contributed by atoms with Crippen molar-refractivity contribution in [2.45, 2.75) is 70.8 Å². The maximum Gasteiger partial charge on any atom is 0.515 e. The van der Waals surface area contributed by atoms with Crippen LogP contribution in [0.4, 0.5) is 4.79 Å². The Labute approximate surface area is 218 Å². The van der Waals surface area contributed by atoms with E-state index in [4.69, 9.17) is 9.47 Å². The topological polar surface area (TPSA) is 141 Å². The van der Waals surface area contributed by atoms with Crippen molar-refractivity contribution in [1.29, 1.82) is 0 Å². The first-order valence-corrected chi connectivity index (χ1v) is 13.9. The van der Waals surface area contributed by atoms with Gasteiger partial charge in [-0.25, -0.2) is 22.9 Å². The highest BCUT2D eigenvalue weighted by Crippen LogP contribution is 2.14. The molecule has 0 fully saturated rings. The number of hydrogen-bond donors (Lipinski definition) is 2. The van der Waals surface area contributed by atoms with E-state index >= 15 is 0 Å². The minimum absolute atomic E-state index is 0.00841. The number of sulfonamides is 1. The Morgan fingerprint density at radius 1 is 0.919 bits per heavy atom. The first-order chi connectivity index (χ1) is 17.6. The maximum atomic E-state index is 12.6. The highest BCUT2D eigenvalue weighted by atomic mass is 32.2. The van der Waals surface area contributed by atoms with E-state index in [-0.39, 0.29) is 34.3 Å². The molecule has 10 nitrogen and oxygen atoms in total. The Morgan fingerprint density at radius 2 is 1.57 bits per heavy atom. The van der Waals surface area contributed by atoms with Gasteiger partial charge in [-0.05, 0) is 55.9 Å². The number of aromatic nitrogens is 1. The van der Waals surface area contributed by atoms with Gasteiger partial charge < -0.3 is 14.8 Å². The van der Waals surface area contributed by atoms with Gasteiger partial charge in [0.15, 0.2) is 0 Å².